The molecule has 5 heteroatoms. The number of anilines is 1. The van der Waals surface area contributed by atoms with Crippen LogP contribution in [0.3, 0.4) is 0 Å². The van der Waals surface area contributed by atoms with E-state index in [-0.39, 0.29) is 0 Å². The fourth-order valence-electron chi connectivity index (χ4n) is 2.34. The van der Waals surface area contributed by atoms with Crippen LogP contribution in [0.15, 0.2) is 36.5 Å². The normalized spacial score (nSPS) is 10.9. The molecule has 0 unspecified atom stereocenters. The Morgan fingerprint density at radius 2 is 2.00 bits per heavy atom. The molecule has 0 atom stereocenters. The van der Waals surface area contributed by atoms with Crippen molar-refractivity contribution in [3.8, 4) is 22.8 Å². The van der Waals surface area contributed by atoms with Gasteiger partial charge in [-0.15, -0.1) is 0 Å². The number of imidazole rings is 1. The Bertz CT molecular complexity index is 724. The monoisotopic (exact) mass is 267 g/mol. The van der Waals surface area contributed by atoms with Crippen LogP contribution in [-0.2, 0) is 13.5 Å². The molecule has 2 heterocycles. The highest BCUT2D eigenvalue weighted by molar-refractivity contribution is 5.72. The van der Waals surface area contributed by atoms with E-state index in [4.69, 9.17) is 5.73 Å². The van der Waals surface area contributed by atoms with Gasteiger partial charge in [0, 0.05) is 7.05 Å². The zero-order valence-corrected chi connectivity index (χ0v) is 11.6. The molecule has 102 valence electrons. The SMILES string of the molecule is CCc1nn(C)c(-c2ncc(-c3ccccc3)[nH]2)c1N. The molecule has 0 spiro atoms. The average Bonchev–Trinajstić information content (AvgIpc) is 3.04. The van der Waals surface area contributed by atoms with Gasteiger partial charge in [-0.1, -0.05) is 37.3 Å². The maximum atomic E-state index is 6.15. The lowest BCUT2D eigenvalue weighted by Crippen LogP contribution is -1.97. The predicted molar refractivity (Wildman–Crippen MR) is 80.0 cm³/mol. The first-order valence-corrected chi connectivity index (χ1v) is 6.62. The second-order valence-electron chi connectivity index (χ2n) is 4.70. The number of nitrogens with two attached hydrogens (primary N) is 1. The molecule has 1 aromatic carbocycles. The first-order valence-electron chi connectivity index (χ1n) is 6.62. The molecule has 0 saturated heterocycles. The topological polar surface area (TPSA) is 72.5 Å². The molecule has 20 heavy (non-hydrogen) atoms. The molecule has 0 saturated carbocycles. The maximum Gasteiger partial charge on any atom is 0.158 e. The van der Waals surface area contributed by atoms with E-state index < -0.39 is 0 Å². The summed E-state index contributed by atoms with van der Waals surface area (Å²) in [6.07, 6.45) is 2.63. The third kappa shape index (κ3) is 1.97. The van der Waals surface area contributed by atoms with Crippen LogP contribution in [0.25, 0.3) is 22.8 Å². The Morgan fingerprint density at radius 3 is 2.65 bits per heavy atom. The summed E-state index contributed by atoms with van der Waals surface area (Å²) in [6, 6.07) is 10.1. The summed E-state index contributed by atoms with van der Waals surface area (Å²) in [5, 5.41) is 4.42. The van der Waals surface area contributed by atoms with Crippen LogP contribution in [0.5, 0.6) is 0 Å². The molecule has 0 aliphatic carbocycles. The fourth-order valence-corrected chi connectivity index (χ4v) is 2.34. The van der Waals surface area contributed by atoms with Crippen LogP contribution >= 0.6 is 0 Å². The number of H-pyrrole nitrogens is 1. The van der Waals surface area contributed by atoms with Gasteiger partial charge in [0.1, 0.15) is 5.69 Å². The number of aryl methyl sites for hydroxylation is 2. The molecular formula is C15H17N5. The summed E-state index contributed by atoms with van der Waals surface area (Å²) in [5.74, 6) is 0.746. The van der Waals surface area contributed by atoms with Gasteiger partial charge in [-0.2, -0.15) is 5.10 Å². The quantitative estimate of drug-likeness (QED) is 0.766. The minimum Gasteiger partial charge on any atom is -0.395 e. The van der Waals surface area contributed by atoms with Crippen molar-refractivity contribution in [1.82, 2.24) is 19.7 Å². The summed E-state index contributed by atoms with van der Waals surface area (Å²) in [6.45, 7) is 2.04. The number of aromatic amines is 1. The fraction of sp³-hybridized carbons (Fsp3) is 0.200. The van der Waals surface area contributed by atoms with Gasteiger partial charge in [0.25, 0.3) is 0 Å². The Morgan fingerprint density at radius 1 is 1.25 bits per heavy atom. The van der Waals surface area contributed by atoms with Gasteiger partial charge >= 0.3 is 0 Å². The van der Waals surface area contributed by atoms with Gasteiger partial charge in [0.15, 0.2) is 5.82 Å². The molecular weight excluding hydrogens is 250 g/mol. The zero-order valence-electron chi connectivity index (χ0n) is 11.6. The van der Waals surface area contributed by atoms with Crippen LogP contribution in [0.1, 0.15) is 12.6 Å². The van der Waals surface area contributed by atoms with Gasteiger partial charge < -0.3 is 10.7 Å². The highest BCUT2D eigenvalue weighted by Crippen LogP contribution is 2.28. The first kappa shape index (κ1) is 12.5. The number of nitrogens with one attached hydrogen (secondary N) is 1. The smallest absolute Gasteiger partial charge is 0.158 e. The van der Waals surface area contributed by atoms with E-state index in [1.807, 2.05) is 50.5 Å². The van der Waals surface area contributed by atoms with E-state index in [1.54, 1.807) is 4.68 Å². The van der Waals surface area contributed by atoms with Gasteiger partial charge in [0.2, 0.25) is 0 Å². The van der Waals surface area contributed by atoms with Gasteiger partial charge in [-0.05, 0) is 12.0 Å². The standard InChI is InChI=1S/C15H17N5/c1-3-11-13(16)14(20(2)19-11)15-17-9-12(18-15)10-7-5-4-6-8-10/h4-9H,3,16H2,1-2H3,(H,17,18). The van der Waals surface area contributed by atoms with Gasteiger partial charge in [0.05, 0.1) is 23.3 Å². The van der Waals surface area contributed by atoms with Crippen LogP contribution < -0.4 is 5.73 Å². The van der Waals surface area contributed by atoms with E-state index in [1.165, 1.54) is 0 Å². The Kier molecular flexibility index (Phi) is 3.02. The summed E-state index contributed by atoms with van der Waals surface area (Å²) >= 11 is 0. The van der Waals surface area contributed by atoms with Crippen molar-refractivity contribution in [3.63, 3.8) is 0 Å². The molecule has 5 nitrogen and oxygen atoms in total. The van der Waals surface area contributed by atoms with Gasteiger partial charge in [-0.25, -0.2) is 4.98 Å². The largest absolute Gasteiger partial charge is 0.395 e. The molecule has 0 aliphatic rings. The summed E-state index contributed by atoms with van der Waals surface area (Å²) in [4.78, 5) is 7.75. The first-order chi connectivity index (χ1) is 9.70. The lowest BCUT2D eigenvalue weighted by atomic mass is 10.2. The van der Waals surface area contributed by atoms with E-state index in [0.29, 0.717) is 5.69 Å². The molecule has 3 rings (SSSR count). The molecule has 3 N–H and O–H groups in total. The minimum absolute atomic E-state index is 0.698. The predicted octanol–water partition coefficient (Wildman–Crippen LogP) is 2.62. The molecule has 2 aromatic heterocycles. The molecule has 0 bridgehead atoms. The number of benzene rings is 1. The molecule has 0 radical (unpaired) electrons. The highest BCUT2D eigenvalue weighted by atomic mass is 15.3. The number of hydrogen-bond donors (Lipinski definition) is 2. The lowest BCUT2D eigenvalue weighted by molar-refractivity contribution is 0.749. The molecule has 3 aromatic rings. The van der Waals surface area contributed by atoms with Crippen molar-refractivity contribution in [2.75, 3.05) is 5.73 Å². The van der Waals surface area contributed by atoms with Crippen molar-refractivity contribution in [1.29, 1.82) is 0 Å². The van der Waals surface area contributed by atoms with E-state index in [9.17, 15) is 0 Å². The van der Waals surface area contributed by atoms with Crippen molar-refractivity contribution in [2.24, 2.45) is 7.05 Å². The summed E-state index contributed by atoms with van der Waals surface area (Å²) in [7, 11) is 1.88. The van der Waals surface area contributed by atoms with Crippen LogP contribution in [0, 0.1) is 0 Å². The van der Waals surface area contributed by atoms with Gasteiger partial charge in [-0.3, -0.25) is 4.68 Å². The number of hydrogen-bond acceptors (Lipinski definition) is 3. The van der Waals surface area contributed by atoms with E-state index in [2.05, 4.69) is 15.1 Å². The summed E-state index contributed by atoms with van der Waals surface area (Å²) in [5.41, 5.74) is 10.7. The van der Waals surface area contributed by atoms with Crippen molar-refractivity contribution in [2.45, 2.75) is 13.3 Å². The second kappa shape index (κ2) is 4.85. The zero-order chi connectivity index (χ0) is 14.1. The second-order valence-corrected chi connectivity index (χ2v) is 4.70. The van der Waals surface area contributed by atoms with Crippen molar-refractivity contribution >= 4 is 5.69 Å². The van der Waals surface area contributed by atoms with Crippen molar-refractivity contribution < 1.29 is 0 Å². The van der Waals surface area contributed by atoms with E-state index in [0.717, 1.165) is 34.9 Å². The van der Waals surface area contributed by atoms with Crippen LogP contribution in [0.4, 0.5) is 5.69 Å². The number of rotatable bonds is 3. The molecule has 0 aliphatic heterocycles. The number of aromatic nitrogens is 4. The highest BCUT2D eigenvalue weighted by Gasteiger charge is 2.16. The van der Waals surface area contributed by atoms with E-state index >= 15 is 0 Å². The lowest BCUT2D eigenvalue weighted by Gasteiger charge is -2.00. The Hall–Kier alpha value is -2.56. The maximum absolute atomic E-state index is 6.15. The summed E-state index contributed by atoms with van der Waals surface area (Å²) < 4.78 is 1.78. The number of nitrogens with zero attached hydrogens (tertiary/aromatic N) is 3. The third-order valence-corrected chi connectivity index (χ3v) is 3.38. The van der Waals surface area contributed by atoms with Crippen LogP contribution in [-0.4, -0.2) is 19.7 Å². The third-order valence-electron chi connectivity index (χ3n) is 3.38. The average molecular weight is 267 g/mol. The molecule has 0 fully saturated rings. The number of nitrogen functional groups attached to an aromatic ring is 1. The minimum atomic E-state index is 0.698. The molecule has 0 amide bonds. The van der Waals surface area contributed by atoms with Crippen LogP contribution in [0.2, 0.25) is 0 Å². The van der Waals surface area contributed by atoms with Crippen molar-refractivity contribution in [3.05, 3.63) is 42.2 Å². The Balaban J connectivity index is 2.05. The Labute approximate surface area is 117 Å².